The number of fused-ring (bicyclic) bond motifs is 1. The van der Waals surface area contributed by atoms with Crippen LogP contribution in [0.4, 0.5) is 4.79 Å². The molecule has 2 aromatic carbocycles. The van der Waals surface area contributed by atoms with E-state index >= 15 is 0 Å². The molecule has 0 unspecified atom stereocenters. The summed E-state index contributed by atoms with van der Waals surface area (Å²) in [4.78, 5) is 37.1. The standard InChI is InChI=1S/C30H35N5O4/c1-19-12-20(2)14-21(13-19)24-16-32-27-26(28(37)35(18-33-27)22-8-7-9-23(36)15-22)25(24)17-34(6)11-10-31-29(38)39-30(3,4)5/h7-9,12-16,18,36H,10-11,17H2,1-6H3,(H,31,38). The molecule has 0 saturated heterocycles. The summed E-state index contributed by atoms with van der Waals surface area (Å²) in [6.07, 6.45) is 2.73. The van der Waals surface area contributed by atoms with Gasteiger partial charge in [0.2, 0.25) is 0 Å². The zero-order valence-corrected chi connectivity index (χ0v) is 23.3. The second kappa shape index (κ2) is 11.2. The molecule has 0 spiro atoms. The minimum Gasteiger partial charge on any atom is -0.508 e. The highest BCUT2D eigenvalue weighted by molar-refractivity contribution is 5.86. The lowest BCUT2D eigenvalue weighted by atomic mass is 9.96. The molecule has 2 aromatic heterocycles. The first kappa shape index (κ1) is 27.8. The highest BCUT2D eigenvalue weighted by Crippen LogP contribution is 2.30. The maximum absolute atomic E-state index is 13.9. The zero-order valence-electron chi connectivity index (χ0n) is 23.3. The number of likely N-dealkylation sites (N-methyl/N-ethyl adjacent to an activating group) is 1. The number of aromatic nitrogens is 3. The predicted molar refractivity (Wildman–Crippen MR) is 152 cm³/mol. The van der Waals surface area contributed by atoms with Gasteiger partial charge in [-0.15, -0.1) is 0 Å². The summed E-state index contributed by atoms with van der Waals surface area (Å²) in [6, 6.07) is 12.7. The van der Waals surface area contributed by atoms with Gasteiger partial charge >= 0.3 is 6.09 Å². The van der Waals surface area contributed by atoms with Crippen molar-refractivity contribution in [3.63, 3.8) is 0 Å². The van der Waals surface area contributed by atoms with Crippen molar-refractivity contribution in [3.05, 3.63) is 82.0 Å². The van der Waals surface area contributed by atoms with Crippen molar-refractivity contribution in [3.8, 4) is 22.6 Å². The van der Waals surface area contributed by atoms with E-state index < -0.39 is 11.7 Å². The molecule has 39 heavy (non-hydrogen) atoms. The number of ether oxygens (including phenoxy) is 1. The molecule has 4 aromatic rings. The van der Waals surface area contributed by atoms with Crippen LogP contribution in [-0.2, 0) is 11.3 Å². The normalized spacial score (nSPS) is 11.7. The summed E-state index contributed by atoms with van der Waals surface area (Å²) < 4.78 is 6.75. The number of hydrogen-bond acceptors (Lipinski definition) is 7. The third-order valence-corrected chi connectivity index (χ3v) is 6.12. The van der Waals surface area contributed by atoms with Crippen LogP contribution in [0.3, 0.4) is 0 Å². The number of carbonyl (C=O) groups excluding carboxylic acids is 1. The van der Waals surface area contributed by atoms with Gasteiger partial charge in [0.05, 0.1) is 11.1 Å². The van der Waals surface area contributed by atoms with Gasteiger partial charge < -0.3 is 20.1 Å². The van der Waals surface area contributed by atoms with E-state index in [-0.39, 0.29) is 11.3 Å². The molecule has 0 bridgehead atoms. The molecule has 2 N–H and O–H groups in total. The Morgan fingerprint density at radius 3 is 2.49 bits per heavy atom. The molecule has 4 rings (SSSR count). The van der Waals surface area contributed by atoms with E-state index in [9.17, 15) is 14.7 Å². The van der Waals surface area contributed by atoms with Crippen molar-refractivity contribution in [2.24, 2.45) is 0 Å². The van der Waals surface area contributed by atoms with E-state index in [0.29, 0.717) is 36.4 Å². The van der Waals surface area contributed by atoms with Crippen molar-refractivity contribution in [1.82, 2.24) is 24.8 Å². The van der Waals surface area contributed by atoms with Crippen LogP contribution in [0.25, 0.3) is 27.8 Å². The third kappa shape index (κ3) is 6.80. The van der Waals surface area contributed by atoms with E-state index in [1.165, 1.54) is 17.0 Å². The number of aromatic hydroxyl groups is 1. The molecule has 0 aliphatic rings. The van der Waals surface area contributed by atoms with E-state index in [2.05, 4.69) is 33.5 Å². The van der Waals surface area contributed by atoms with Crippen LogP contribution in [0, 0.1) is 13.8 Å². The Hall–Kier alpha value is -4.24. The van der Waals surface area contributed by atoms with E-state index in [0.717, 1.165) is 27.8 Å². The van der Waals surface area contributed by atoms with Gasteiger partial charge in [0.25, 0.3) is 5.56 Å². The van der Waals surface area contributed by atoms with Crippen LogP contribution < -0.4 is 10.9 Å². The maximum Gasteiger partial charge on any atom is 0.407 e. The van der Waals surface area contributed by atoms with Gasteiger partial charge in [-0.25, -0.2) is 14.8 Å². The molecule has 0 fully saturated rings. The molecule has 0 saturated carbocycles. The van der Waals surface area contributed by atoms with Gasteiger partial charge in [-0.2, -0.15) is 0 Å². The van der Waals surface area contributed by atoms with Gasteiger partial charge in [-0.1, -0.05) is 35.4 Å². The van der Waals surface area contributed by atoms with Crippen molar-refractivity contribution in [1.29, 1.82) is 0 Å². The average Bonchev–Trinajstić information content (AvgIpc) is 2.82. The van der Waals surface area contributed by atoms with Gasteiger partial charge in [0, 0.05) is 37.5 Å². The number of phenols is 1. The summed E-state index contributed by atoms with van der Waals surface area (Å²) in [5.41, 5.74) is 4.81. The van der Waals surface area contributed by atoms with Gasteiger partial charge in [-0.05, 0) is 64.9 Å². The molecule has 0 aliphatic carbocycles. The quantitative estimate of drug-likeness (QED) is 0.356. The predicted octanol–water partition coefficient (Wildman–Crippen LogP) is 4.73. The number of carbonyl (C=O) groups is 1. The van der Waals surface area contributed by atoms with Gasteiger partial charge in [-0.3, -0.25) is 9.36 Å². The number of nitrogens with one attached hydrogen (secondary N) is 1. The lowest BCUT2D eigenvalue weighted by Crippen LogP contribution is -2.37. The maximum atomic E-state index is 13.9. The Bertz CT molecular complexity index is 1550. The first-order chi connectivity index (χ1) is 18.4. The average molecular weight is 530 g/mol. The molecule has 1 amide bonds. The number of pyridine rings is 1. The zero-order chi connectivity index (χ0) is 28.3. The van der Waals surface area contributed by atoms with Crippen LogP contribution >= 0.6 is 0 Å². The van der Waals surface area contributed by atoms with Crippen molar-refractivity contribution < 1.29 is 14.6 Å². The summed E-state index contributed by atoms with van der Waals surface area (Å²) >= 11 is 0. The molecule has 9 heteroatoms. The number of alkyl carbamates (subject to hydrolysis) is 1. The Morgan fingerprint density at radius 1 is 1.10 bits per heavy atom. The fraction of sp³-hybridized carbons (Fsp3) is 0.333. The number of hydrogen-bond donors (Lipinski definition) is 2. The summed E-state index contributed by atoms with van der Waals surface area (Å²) in [5.74, 6) is 0.0547. The van der Waals surface area contributed by atoms with Gasteiger partial charge in [0.1, 0.15) is 17.7 Å². The van der Waals surface area contributed by atoms with Crippen molar-refractivity contribution in [2.45, 2.75) is 46.8 Å². The highest BCUT2D eigenvalue weighted by atomic mass is 16.6. The van der Waals surface area contributed by atoms with Crippen LogP contribution in [0.15, 0.2) is 59.8 Å². The first-order valence-corrected chi connectivity index (χ1v) is 12.8. The number of aryl methyl sites for hydroxylation is 2. The SMILES string of the molecule is Cc1cc(C)cc(-c2cnc3ncn(-c4cccc(O)c4)c(=O)c3c2CN(C)CCNC(=O)OC(C)(C)C)c1. The lowest BCUT2D eigenvalue weighted by molar-refractivity contribution is 0.0523. The number of nitrogens with zero attached hydrogens (tertiary/aromatic N) is 4. The van der Waals surface area contributed by atoms with Crippen LogP contribution in [-0.4, -0.2) is 56.4 Å². The minimum atomic E-state index is -0.574. The van der Waals surface area contributed by atoms with E-state index in [1.807, 2.05) is 46.6 Å². The first-order valence-electron chi connectivity index (χ1n) is 12.8. The molecule has 2 heterocycles. The number of phenolic OH excluding ortho intramolecular Hbond substituents is 1. The molecular formula is C30H35N5O4. The second-order valence-electron chi connectivity index (χ2n) is 10.8. The van der Waals surface area contributed by atoms with Crippen LogP contribution in [0.1, 0.15) is 37.5 Å². The van der Waals surface area contributed by atoms with E-state index in [1.54, 1.807) is 24.4 Å². The summed E-state index contributed by atoms with van der Waals surface area (Å²) in [7, 11) is 1.93. The van der Waals surface area contributed by atoms with Crippen molar-refractivity contribution in [2.75, 3.05) is 20.1 Å². The minimum absolute atomic E-state index is 0.0547. The second-order valence-corrected chi connectivity index (χ2v) is 10.8. The van der Waals surface area contributed by atoms with Gasteiger partial charge in [0.15, 0.2) is 5.65 Å². The number of amides is 1. The third-order valence-electron chi connectivity index (χ3n) is 6.12. The monoisotopic (exact) mass is 529 g/mol. The number of benzene rings is 2. The molecule has 204 valence electrons. The Morgan fingerprint density at radius 2 is 1.82 bits per heavy atom. The fourth-order valence-corrected chi connectivity index (χ4v) is 4.53. The highest BCUT2D eigenvalue weighted by Gasteiger charge is 2.19. The molecule has 9 nitrogen and oxygen atoms in total. The van der Waals surface area contributed by atoms with Crippen LogP contribution in [0.2, 0.25) is 0 Å². The largest absolute Gasteiger partial charge is 0.508 e. The summed E-state index contributed by atoms with van der Waals surface area (Å²) in [5, 5.41) is 13.2. The Kier molecular flexibility index (Phi) is 8.01. The molecule has 0 radical (unpaired) electrons. The molecular weight excluding hydrogens is 494 g/mol. The Balaban J connectivity index is 1.76. The number of rotatable bonds is 7. The fourth-order valence-electron chi connectivity index (χ4n) is 4.53. The Labute approximate surface area is 228 Å². The van der Waals surface area contributed by atoms with Crippen molar-refractivity contribution >= 4 is 17.1 Å². The molecule has 0 atom stereocenters. The smallest absolute Gasteiger partial charge is 0.407 e. The summed E-state index contributed by atoms with van der Waals surface area (Å²) in [6.45, 7) is 10.8. The molecule has 0 aliphatic heterocycles. The topological polar surface area (TPSA) is 110 Å². The van der Waals surface area contributed by atoms with Crippen LogP contribution in [0.5, 0.6) is 5.75 Å². The lowest BCUT2D eigenvalue weighted by Gasteiger charge is -2.22. The van der Waals surface area contributed by atoms with E-state index in [4.69, 9.17) is 4.74 Å².